The molecule has 5 nitrogen and oxygen atoms in total. The van der Waals surface area contributed by atoms with Crippen LogP contribution in [0.25, 0.3) is 0 Å². The molecule has 1 amide bonds. The summed E-state index contributed by atoms with van der Waals surface area (Å²) < 4.78 is 5.07. The minimum absolute atomic E-state index is 0.132. The number of nitrogens with two attached hydrogens (primary N) is 1. The van der Waals surface area contributed by atoms with Gasteiger partial charge in [-0.2, -0.15) is 0 Å². The zero-order valence-electron chi connectivity index (χ0n) is 10.4. The van der Waals surface area contributed by atoms with Crippen LogP contribution in [0.15, 0.2) is 4.52 Å². The molecule has 1 unspecified atom stereocenters. The molecule has 0 aliphatic carbocycles. The molecule has 2 N–H and O–H groups in total. The molecular weight excluding hydrogens is 218 g/mol. The van der Waals surface area contributed by atoms with Gasteiger partial charge in [-0.05, 0) is 26.7 Å². The number of aryl methyl sites for hydroxylation is 2. The lowest BCUT2D eigenvalue weighted by Gasteiger charge is -2.23. The Labute approximate surface area is 101 Å². The molecule has 0 spiro atoms. The van der Waals surface area contributed by atoms with E-state index in [2.05, 4.69) is 5.16 Å². The molecule has 5 heteroatoms. The van der Waals surface area contributed by atoms with Crippen molar-refractivity contribution in [2.75, 3.05) is 13.1 Å². The lowest BCUT2D eigenvalue weighted by molar-refractivity contribution is -0.131. The van der Waals surface area contributed by atoms with Gasteiger partial charge >= 0.3 is 0 Å². The van der Waals surface area contributed by atoms with Crippen molar-refractivity contribution in [3.05, 3.63) is 17.0 Å². The van der Waals surface area contributed by atoms with E-state index < -0.39 is 0 Å². The number of aromatic nitrogens is 1. The number of hydrogen-bond donors (Lipinski definition) is 1. The SMILES string of the molecule is Cc1noc(C)c1CC(=O)N1CCCC1CN. The zero-order valence-corrected chi connectivity index (χ0v) is 10.4. The van der Waals surface area contributed by atoms with Gasteiger partial charge < -0.3 is 15.2 Å². The van der Waals surface area contributed by atoms with E-state index in [1.54, 1.807) is 0 Å². The molecule has 1 atom stereocenters. The number of carbonyl (C=O) groups is 1. The molecule has 0 radical (unpaired) electrons. The largest absolute Gasteiger partial charge is 0.361 e. The summed E-state index contributed by atoms with van der Waals surface area (Å²) in [6.45, 7) is 5.08. The Kier molecular flexibility index (Phi) is 3.47. The quantitative estimate of drug-likeness (QED) is 0.843. The second kappa shape index (κ2) is 4.87. The first-order chi connectivity index (χ1) is 8.13. The summed E-state index contributed by atoms with van der Waals surface area (Å²) in [5, 5.41) is 3.86. The number of nitrogens with zero attached hydrogens (tertiary/aromatic N) is 2. The molecule has 1 saturated heterocycles. The topological polar surface area (TPSA) is 72.4 Å². The fourth-order valence-corrected chi connectivity index (χ4v) is 2.42. The summed E-state index contributed by atoms with van der Waals surface area (Å²) in [5.41, 5.74) is 7.39. The van der Waals surface area contributed by atoms with Crippen LogP contribution >= 0.6 is 0 Å². The zero-order chi connectivity index (χ0) is 12.4. The Hall–Kier alpha value is -1.36. The molecule has 2 heterocycles. The lowest BCUT2D eigenvalue weighted by Crippen LogP contribution is -2.40. The highest BCUT2D eigenvalue weighted by Crippen LogP contribution is 2.20. The van der Waals surface area contributed by atoms with Gasteiger partial charge in [0.15, 0.2) is 0 Å². The van der Waals surface area contributed by atoms with Gasteiger partial charge in [-0.15, -0.1) is 0 Å². The standard InChI is InChI=1S/C12H19N3O2/c1-8-11(9(2)17-14-8)6-12(16)15-5-3-4-10(15)7-13/h10H,3-7,13H2,1-2H3. The van der Waals surface area contributed by atoms with Crippen LogP contribution < -0.4 is 5.73 Å². The van der Waals surface area contributed by atoms with Gasteiger partial charge in [-0.3, -0.25) is 4.79 Å². The molecule has 0 saturated carbocycles. The average molecular weight is 237 g/mol. The van der Waals surface area contributed by atoms with Crippen molar-refractivity contribution in [2.45, 2.75) is 39.2 Å². The summed E-state index contributed by atoms with van der Waals surface area (Å²) >= 11 is 0. The summed E-state index contributed by atoms with van der Waals surface area (Å²) in [5.74, 6) is 0.867. The van der Waals surface area contributed by atoms with E-state index in [1.165, 1.54) is 0 Å². The predicted octanol–water partition coefficient (Wildman–Crippen LogP) is 0.784. The van der Waals surface area contributed by atoms with Crippen LogP contribution in [-0.4, -0.2) is 35.1 Å². The summed E-state index contributed by atoms with van der Waals surface area (Å²) in [6.07, 6.45) is 2.44. The molecular formula is C12H19N3O2. The van der Waals surface area contributed by atoms with Crippen LogP contribution in [0.5, 0.6) is 0 Å². The molecule has 17 heavy (non-hydrogen) atoms. The molecule has 1 aromatic rings. The maximum absolute atomic E-state index is 12.2. The summed E-state index contributed by atoms with van der Waals surface area (Å²) in [7, 11) is 0. The lowest BCUT2D eigenvalue weighted by atomic mass is 10.1. The number of amides is 1. The molecule has 1 aromatic heterocycles. The molecule has 1 fully saturated rings. The average Bonchev–Trinajstić information content (AvgIpc) is 2.90. The Morgan fingerprint density at radius 2 is 2.35 bits per heavy atom. The van der Waals surface area contributed by atoms with Crippen LogP contribution in [0, 0.1) is 13.8 Å². The third-order valence-electron chi connectivity index (χ3n) is 3.48. The van der Waals surface area contributed by atoms with Gasteiger partial charge in [0.1, 0.15) is 5.76 Å². The molecule has 94 valence electrons. The molecule has 2 rings (SSSR count). The summed E-state index contributed by atoms with van der Waals surface area (Å²) in [6, 6.07) is 0.211. The number of hydrogen-bond acceptors (Lipinski definition) is 4. The third kappa shape index (κ3) is 2.34. The first kappa shape index (κ1) is 12.1. The van der Waals surface area contributed by atoms with Crippen molar-refractivity contribution in [1.29, 1.82) is 0 Å². The van der Waals surface area contributed by atoms with E-state index in [0.717, 1.165) is 36.4 Å². The summed E-state index contributed by atoms with van der Waals surface area (Å²) in [4.78, 5) is 14.1. The molecule has 0 bridgehead atoms. The number of carbonyl (C=O) groups excluding carboxylic acids is 1. The highest BCUT2D eigenvalue weighted by molar-refractivity contribution is 5.79. The van der Waals surface area contributed by atoms with Crippen molar-refractivity contribution in [1.82, 2.24) is 10.1 Å². The van der Waals surface area contributed by atoms with Crippen molar-refractivity contribution >= 4 is 5.91 Å². The van der Waals surface area contributed by atoms with Crippen LogP contribution in [0.3, 0.4) is 0 Å². The molecule has 1 aliphatic heterocycles. The first-order valence-corrected chi connectivity index (χ1v) is 6.04. The van der Waals surface area contributed by atoms with E-state index in [4.69, 9.17) is 10.3 Å². The van der Waals surface area contributed by atoms with Gasteiger partial charge in [-0.1, -0.05) is 5.16 Å². The van der Waals surface area contributed by atoms with Crippen molar-refractivity contribution < 1.29 is 9.32 Å². The third-order valence-corrected chi connectivity index (χ3v) is 3.48. The minimum atomic E-state index is 0.132. The van der Waals surface area contributed by atoms with Gasteiger partial charge in [0.05, 0.1) is 12.1 Å². The minimum Gasteiger partial charge on any atom is -0.361 e. The van der Waals surface area contributed by atoms with Crippen LogP contribution in [0.4, 0.5) is 0 Å². The Morgan fingerprint density at radius 3 is 2.94 bits per heavy atom. The van der Waals surface area contributed by atoms with Crippen LogP contribution in [-0.2, 0) is 11.2 Å². The maximum atomic E-state index is 12.2. The van der Waals surface area contributed by atoms with E-state index in [9.17, 15) is 4.79 Å². The van der Waals surface area contributed by atoms with Gasteiger partial charge in [0, 0.05) is 24.7 Å². The van der Waals surface area contributed by atoms with Crippen molar-refractivity contribution in [3.8, 4) is 0 Å². The van der Waals surface area contributed by atoms with E-state index in [0.29, 0.717) is 13.0 Å². The normalized spacial score (nSPS) is 19.9. The molecule has 0 aromatic carbocycles. The van der Waals surface area contributed by atoms with Gasteiger partial charge in [0.25, 0.3) is 0 Å². The maximum Gasteiger partial charge on any atom is 0.227 e. The second-order valence-electron chi connectivity index (χ2n) is 4.60. The number of rotatable bonds is 3. The van der Waals surface area contributed by atoms with Crippen molar-refractivity contribution in [2.24, 2.45) is 5.73 Å². The fourth-order valence-electron chi connectivity index (χ4n) is 2.42. The Balaban J connectivity index is 2.07. The number of likely N-dealkylation sites (tertiary alicyclic amines) is 1. The van der Waals surface area contributed by atoms with E-state index >= 15 is 0 Å². The molecule has 1 aliphatic rings. The smallest absolute Gasteiger partial charge is 0.227 e. The van der Waals surface area contributed by atoms with Crippen molar-refractivity contribution in [3.63, 3.8) is 0 Å². The predicted molar refractivity (Wildman–Crippen MR) is 63.5 cm³/mol. The van der Waals surface area contributed by atoms with Gasteiger partial charge in [-0.25, -0.2) is 0 Å². The van der Waals surface area contributed by atoms with E-state index in [-0.39, 0.29) is 11.9 Å². The second-order valence-corrected chi connectivity index (χ2v) is 4.60. The Bertz CT molecular complexity index is 394. The Morgan fingerprint density at radius 1 is 1.59 bits per heavy atom. The van der Waals surface area contributed by atoms with Gasteiger partial charge in [0.2, 0.25) is 5.91 Å². The van der Waals surface area contributed by atoms with E-state index in [1.807, 2.05) is 18.7 Å². The van der Waals surface area contributed by atoms with Crippen LogP contribution in [0.2, 0.25) is 0 Å². The van der Waals surface area contributed by atoms with Crippen LogP contribution in [0.1, 0.15) is 29.9 Å². The highest BCUT2D eigenvalue weighted by Gasteiger charge is 2.28. The fraction of sp³-hybridized carbons (Fsp3) is 0.667. The first-order valence-electron chi connectivity index (χ1n) is 6.04. The highest BCUT2D eigenvalue weighted by atomic mass is 16.5. The monoisotopic (exact) mass is 237 g/mol.